The Bertz CT molecular complexity index is 1430. The minimum Gasteiger partial charge on any atom is -0.435 e. The van der Waals surface area contributed by atoms with Gasteiger partial charge in [-0.3, -0.25) is 9.36 Å². The number of ether oxygens (including phenoxy) is 3. The number of rotatable bonds is 6. The molecular weight excluding hydrogens is 497 g/mol. The van der Waals surface area contributed by atoms with Gasteiger partial charge in [0.1, 0.15) is 17.2 Å². The van der Waals surface area contributed by atoms with Crippen LogP contribution in [-0.4, -0.2) is 53.7 Å². The van der Waals surface area contributed by atoms with E-state index < -0.39 is 46.9 Å². The van der Waals surface area contributed by atoms with Crippen molar-refractivity contribution in [3.8, 4) is 5.69 Å². The van der Waals surface area contributed by atoms with Crippen molar-refractivity contribution in [2.45, 2.75) is 32.6 Å². The lowest BCUT2D eigenvalue weighted by atomic mass is 10.1. The summed E-state index contributed by atoms with van der Waals surface area (Å²) in [6.07, 6.45) is -1.01. The molecule has 1 fully saturated rings. The van der Waals surface area contributed by atoms with Gasteiger partial charge in [0.25, 0.3) is 0 Å². The number of carbonyl (C=O) groups excluding carboxylic acids is 2. The van der Waals surface area contributed by atoms with E-state index in [-0.39, 0.29) is 35.2 Å². The number of aromatic nitrogens is 2. The Hall–Kier alpha value is -4.13. The molecule has 3 heterocycles. The van der Waals surface area contributed by atoms with Gasteiger partial charge in [0.15, 0.2) is 17.3 Å². The molecular formula is C24H23F3N4O6. The number of hydrogen-bond acceptors (Lipinski definition) is 9. The van der Waals surface area contributed by atoms with E-state index in [0.29, 0.717) is 25.6 Å². The Kier molecular flexibility index (Phi) is 7.34. The van der Waals surface area contributed by atoms with Crippen LogP contribution >= 0.6 is 0 Å². The van der Waals surface area contributed by atoms with Gasteiger partial charge >= 0.3 is 12.1 Å². The number of pyridine rings is 2. The molecule has 0 radical (unpaired) electrons. The number of benzene rings is 1. The Morgan fingerprint density at radius 1 is 1.19 bits per heavy atom. The molecule has 1 saturated heterocycles. The number of nitrogens with zero attached hydrogens (tertiary/aromatic N) is 3. The highest BCUT2D eigenvalue weighted by atomic mass is 19.1. The molecule has 2 unspecified atom stereocenters. The summed E-state index contributed by atoms with van der Waals surface area (Å²) in [5.41, 5.74) is 3.88. The Balaban J connectivity index is 1.85. The lowest BCUT2D eigenvalue weighted by Crippen LogP contribution is -2.29. The number of anilines is 1. The predicted molar refractivity (Wildman–Crippen MR) is 125 cm³/mol. The maximum atomic E-state index is 15.1. The highest BCUT2D eigenvalue weighted by Gasteiger charge is 2.27. The van der Waals surface area contributed by atoms with E-state index in [0.717, 1.165) is 29.0 Å². The standard InChI is InChI=1S/C24H23F3N4O6/c1-3-35-24(34)37-12(2)36-23(33)16-11-31(19-5-4-13(25)8-17(19)26)21-15(20(16)32)9-18(27)22(29-21)30-7-6-14(28)10-30/h4-5,8-9,11-12,14H,3,6-7,10,28H2,1-2H3. The van der Waals surface area contributed by atoms with E-state index >= 15 is 4.39 Å². The van der Waals surface area contributed by atoms with E-state index in [9.17, 15) is 23.2 Å². The van der Waals surface area contributed by atoms with E-state index in [4.69, 9.17) is 15.2 Å². The van der Waals surface area contributed by atoms with Gasteiger partial charge in [0, 0.05) is 38.3 Å². The quantitative estimate of drug-likeness (QED) is 0.386. The second-order valence-corrected chi connectivity index (χ2v) is 8.27. The van der Waals surface area contributed by atoms with Crippen LogP contribution in [0.4, 0.5) is 23.8 Å². The highest BCUT2D eigenvalue weighted by Crippen LogP contribution is 2.27. The molecule has 196 valence electrons. The van der Waals surface area contributed by atoms with Crippen LogP contribution in [-0.2, 0) is 14.2 Å². The van der Waals surface area contributed by atoms with Crippen LogP contribution in [0.25, 0.3) is 16.7 Å². The third-order valence-electron chi connectivity index (χ3n) is 5.62. The van der Waals surface area contributed by atoms with E-state index in [1.807, 2.05) is 0 Å². The molecule has 10 nitrogen and oxygen atoms in total. The molecule has 1 aliphatic heterocycles. The predicted octanol–water partition coefficient (Wildman–Crippen LogP) is 3.02. The number of carbonyl (C=O) groups is 2. The minimum absolute atomic E-state index is 0.0159. The maximum Gasteiger partial charge on any atom is 0.511 e. The van der Waals surface area contributed by atoms with E-state index in [1.165, 1.54) is 6.92 Å². The number of fused-ring (bicyclic) bond motifs is 1. The first kappa shape index (κ1) is 25.9. The SMILES string of the molecule is CCOC(=O)OC(C)OC(=O)c1cn(-c2ccc(F)cc2F)c2nc(N3CCC(N)C3)c(F)cc2c1=O. The third kappa shape index (κ3) is 5.35. The number of esters is 1. The zero-order chi connectivity index (χ0) is 26.9. The van der Waals surface area contributed by atoms with Crippen molar-refractivity contribution in [2.24, 2.45) is 5.73 Å². The van der Waals surface area contributed by atoms with Crippen molar-refractivity contribution in [2.75, 3.05) is 24.6 Å². The summed E-state index contributed by atoms with van der Waals surface area (Å²) in [5.74, 6) is -4.09. The Morgan fingerprint density at radius 3 is 2.59 bits per heavy atom. The van der Waals surface area contributed by atoms with Crippen molar-refractivity contribution in [1.29, 1.82) is 0 Å². The largest absolute Gasteiger partial charge is 0.511 e. The molecule has 1 aliphatic rings. The first-order chi connectivity index (χ1) is 17.6. The number of hydrogen-bond donors (Lipinski definition) is 1. The fourth-order valence-electron chi connectivity index (χ4n) is 3.95. The van der Waals surface area contributed by atoms with Gasteiger partial charge in [0.05, 0.1) is 17.7 Å². The zero-order valence-corrected chi connectivity index (χ0v) is 19.9. The topological polar surface area (TPSA) is 126 Å². The first-order valence-corrected chi connectivity index (χ1v) is 11.3. The number of nitrogens with two attached hydrogens (primary N) is 1. The van der Waals surface area contributed by atoms with Crippen LogP contribution in [0.2, 0.25) is 0 Å². The second kappa shape index (κ2) is 10.5. The fourth-order valence-corrected chi connectivity index (χ4v) is 3.95. The van der Waals surface area contributed by atoms with Crippen LogP contribution in [0.3, 0.4) is 0 Å². The molecule has 0 spiro atoms. The summed E-state index contributed by atoms with van der Waals surface area (Å²) in [7, 11) is 0. The van der Waals surface area contributed by atoms with Gasteiger partial charge in [-0.05, 0) is 31.5 Å². The van der Waals surface area contributed by atoms with Gasteiger partial charge in [0.2, 0.25) is 11.7 Å². The third-order valence-corrected chi connectivity index (χ3v) is 5.62. The summed E-state index contributed by atoms with van der Waals surface area (Å²) in [6, 6.07) is 3.34. The molecule has 13 heteroatoms. The average Bonchev–Trinajstić information content (AvgIpc) is 3.25. The second-order valence-electron chi connectivity index (χ2n) is 8.27. The molecule has 0 aliphatic carbocycles. The van der Waals surface area contributed by atoms with E-state index in [2.05, 4.69) is 9.72 Å². The monoisotopic (exact) mass is 520 g/mol. The summed E-state index contributed by atoms with van der Waals surface area (Å²) in [5, 5.41) is -0.359. The molecule has 0 bridgehead atoms. The smallest absolute Gasteiger partial charge is 0.435 e. The van der Waals surface area contributed by atoms with Gasteiger partial charge < -0.3 is 24.8 Å². The molecule has 1 aromatic carbocycles. The van der Waals surface area contributed by atoms with Gasteiger partial charge in [-0.25, -0.2) is 27.7 Å². The summed E-state index contributed by atoms with van der Waals surface area (Å²) < 4.78 is 58.9. The summed E-state index contributed by atoms with van der Waals surface area (Å²) in [4.78, 5) is 43.4. The number of halogens is 3. The minimum atomic E-state index is -1.45. The van der Waals surface area contributed by atoms with Crippen molar-refractivity contribution >= 4 is 29.0 Å². The van der Waals surface area contributed by atoms with E-state index in [1.54, 1.807) is 11.8 Å². The highest BCUT2D eigenvalue weighted by molar-refractivity contribution is 5.94. The summed E-state index contributed by atoms with van der Waals surface area (Å²) in [6.45, 7) is 3.49. The van der Waals surface area contributed by atoms with Crippen molar-refractivity contribution in [3.05, 3.63) is 63.7 Å². The molecule has 37 heavy (non-hydrogen) atoms. The Morgan fingerprint density at radius 2 is 1.95 bits per heavy atom. The van der Waals surface area contributed by atoms with Gasteiger partial charge in [-0.15, -0.1) is 0 Å². The molecule has 3 aromatic rings. The fraction of sp³-hybridized carbons (Fsp3) is 0.333. The Labute approximate surface area is 208 Å². The van der Waals surface area contributed by atoms with Crippen molar-refractivity contribution in [1.82, 2.24) is 9.55 Å². The van der Waals surface area contributed by atoms with Crippen LogP contribution in [0, 0.1) is 17.5 Å². The maximum absolute atomic E-state index is 15.1. The normalized spacial score (nSPS) is 16.1. The molecule has 2 N–H and O–H groups in total. The molecule has 4 rings (SSSR count). The first-order valence-electron chi connectivity index (χ1n) is 11.3. The van der Waals surface area contributed by atoms with Crippen LogP contribution < -0.4 is 16.1 Å². The van der Waals surface area contributed by atoms with Gasteiger partial charge in [-0.2, -0.15) is 0 Å². The zero-order valence-electron chi connectivity index (χ0n) is 19.9. The van der Waals surface area contributed by atoms with Crippen LogP contribution in [0.5, 0.6) is 0 Å². The molecule has 2 aromatic heterocycles. The average molecular weight is 520 g/mol. The van der Waals surface area contributed by atoms with Crippen molar-refractivity contribution in [3.63, 3.8) is 0 Å². The molecule has 2 atom stereocenters. The lowest BCUT2D eigenvalue weighted by Gasteiger charge is -2.20. The molecule has 0 amide bonds. The van der Waals surface area contributed by atoms with Crippen molar-refractivity contribution < 1.29 is 37.0 Å². The van der Waals surface area contributed by atoms with Crippen LogP contribution in [0.15, 0.2) is 35.3 Å². The summed E-state index contributed by atoms with van der Waals surface area (Å²) >= 11 is 0. The van der Waals surface area contributed by atoms with Crippen LogP contribution in [0.1, 0.15) is 30.6 Å². The van der Waals surface area contributed by atoms with Gasteiger partial charge in [-0.1, -0.05) is 0 Å². The lowest BCUT2D eigenvalue weighted by molar-refractivity contribution is -0.0812. The molecule has 0 saturated carbocycles.